The third kappa shape index (κ3) is 2.16. The van der Waals surface area contributed by atoms with E-state index >= 15 is 0 Å². The van der Waals surface area contributed by atoms with Crippen LogP contribution in [-0.2, 0) is 9.67 Å². The maximum atomic E-state index is 13.5. The third-order valence-electron chi connectivity index (χ3n) is 4.90. The minimum absolute atomic E-state index is 0.229. The van der Waals surface area contributed by atoms with Crippen molar-refractivity contribution in [2.24, 2.45) is 0 Å². The number of benzene rings is 2. The highest BCUT2D eigenvalue weighted by Gasteiger charge is 2.58. The molecule has 132 valence electrons. The summed E-state index contributed by atoms with van der Waals surface area (Å²) in [4.78, 5) is 31.5. The van der Waals surface area contributed by atoms with Gasteiger partial charge < -0.3 is 5.32 Å². The first-order valence-electron chi connectivity index (χ1n) is 8.57. The fourth-order valence-corrected chi connectivity index (χ4v) is 4.99. The zero-order valence-electron chi connectivity index (χ0n) is 14.5. The molecule has 3 heterocycles. The summed E-state index contributed by atoms with van der Waals surface area (Å²) in [5, 5.41) is 3.51. The van der Waals surface area contributed by atoms with Crippen LogP contribution in [0.15, 0.2) is 71.9 Å². The van der Waals surface area contributed by atoms with Crippen LogP contribution in [0.25, 0.3) is 0 Å². The molecule has 27 heavy (non-hydrogen) atoms. The number of carbonyl (C=O) groups excluding carboxylic acids is 2. The van der Waals surface area contributed by atoms with Crippen LogP contribution < -0.4 is 10.2 Å². The molecule has 5 nitrogen and oxygen atoms in total. The maximum absolute atomic E-state index is 13.5. The lowest BCUT2D eigenvalue weighted by atomic mass is 10.0. The number of rotatable bonds is 1. The van der Waals surface area contributed by atoms with Crippen LogP contribution in [0.5, 0.6) is 0 Å². The maximum Gasteiger partial charge on any atom is 0.266 e. The largest absolute Gasteiger partial charge is 0.323 e. The Bertz CT molecular complexity index is 1100. The molecule has 0 aliphatic carbocycles. The van der Waals surface area contributed by atoms with Gasteiger partial charge in [-0.15, -0.1) is 0 Å². The van der Waals surface area contributed by atoms with Crippen molar-refractivity contribution < 1.29 is 9.59 Å². The van der Waals surface area contributed by atoms with E-state index < -0.39 is 4.87 Å². The molecular weight excluding hydrogens is 358 g/mol. The number of amides is 2. The number of fused-ring (bicyclic) bond motifs is 3. The van der Waals surface area contributed by atoms with Gasteiger partial charge in [0.2, 0.25) is 4.87 Å². The molecule has 2 aromatic carbocycles. The number of para-hydroxylation sites is 1. The van der Waals surface area contributed by atoms with E-state index in [0.29, 0.717) is 16.3 Å². The lowest BCUT2D eigenvalue weighted by molar-refractivity contribution is -0.118. The lowest BCUT2D eigenvalue weighted by Crippen LogP contribution is -2.54. The average molecular weight is 373 g/mol. The predicted octanol–water partition coefficient (Wildman–Crippen LogP) is 3.95. The second kappa shape index (κ2) is 5.69. The van der Waals surface area contributed by atoms with Crippen LogP contribution in [-0.4, -0.2) is 16.8 Å². The van der Waals surface area contributed by atoms with Gasteiger partial charge in [-0.25, -0.2) is 4.98 Å². The van der Waals surface area contributed by atoms with Crippen LogP contribution in [0, 0.1) is 6.92 Å². The lowest BCUT2D eigenvalue weighted by Gasteiger charge is -2.42. The molecule has 0 saturated heterocycles. The predicted molar refractivity (Wildman–Crippen MR) is 105 cm³/mol. The topological polar surface area (TPSA) is 62.3 Å². The Kier molecular flexibility index (Phi) is 3.39. The van der Waals surface area contributed by atoms with Gasteiger partial charge in [-0.3, -0.25) is 14.5 Å². The van der Waals surface area contributed by atoms with Gasteiger partial charge in [0.05, 0.1) is 5.56 Å². The minimum atomic E-state index is -1.22. The average Bonchev–Trinajstić information content (AvgIpc) is 2.95. The fraction of sp³-hybridized carbons (Fsp3) is 0.0952. The van der Waals surface area contributed by atoms with E-state index in [2.05, 4.69) is 10.3 Å². The highest BCUT2D eigenvalue weighted by Crippen LogP contribution is 2.55. The molecule has 1 atom stereocenters. The molecule has 2 aliphatic rings. The van der Waals surface area contributed by atoms with Crippen LogP contribution in [0.1, 0.15) is 21.5 Å². The summed E-state index contributed by atoms with van der Waals surface area (Å²) >= 11 is 1.31. The van der Waals surface area contributed by atoms with E-state index in [9.17, 15) is 9.59 Å². The number of hydrogen-bond donors (Lipinski definition) is 1. The van der Waals surface area contributed by atoms with Crippen molar-refractivity contribution in [3.8, 4) is 0 Å². The molecule has 1 unspecified atom stereocenters. The van der Waals surface area contributed by atoms with Crippen molar-refractivity contribution in [3.63, 3.8) is 0 Å². The van der Waals surface area contributed by atoms with E-state index in [-0.39, 0.29) is 11.8 Å². The van der Waals surface area contributed by atoms with E-state index in [1.807, 2.05) is 55.5 Å². The van der Waals surface area contributed by atoms with Gasteiger partial charge in [0.15, 0.2) is 0 Å². The molecular formula is C21H15N3O2S. The molecule has 1 spiro atoms. The molecule has 0 fully saturated rings. The summed E-state index contributed by atoms with van der Waals surface area (Å²) in [6.07, 6.45) is 1.65. The summed E-state index contributed by atoms with van der Waals surface area (Å²) in [5.41, 5.74) is 3.76. The molecule has 0 radical (unpaired) electrons. The van der Waals surface area contributed by atoms with E-state index in [1.165, 1.54) is 11.8 Å². The zero-order chi connectivity index (χ0) is 18.6. The normalized spacial score (nSPS) is 20.4. The number of nitrogens with zero attached hydrogens (tertiary/aromatic N) is 2. The zero-order valence-corrected chi connectivity index (χ0v) is 15.3. The Hall–Kier alpha value is -3.12. The van der Waals surface area contributed by atoms with Crippen molar-refractivity contribution >= 4 is 35.0 Å². The molecule has 3 aromatic rings. The van der Waals surface area contributed by atoms with E-state index in [1.54, 1.807) is 23.2 Å². The van der Waals surface area contributed by atoms with Crippen molar-refractivity contribution in [2.45, 2.75) is 16.8 Å². The first kappa shape index (κ1) is 16.1. The summed E-state index contributed by atoms with van der Waals surface area (Å²) < 4.78 is 0. The Morgan fingerprint density at radius 1 is 1.00 bits per heavy atom. The van der Waals surface area contributed by atoms with Crippen LogP contribution in [0.4, 0.5) is 11.4 Å². The molecule has 1 N–H and O–H groups in total. The van der Waals surface area contributed by atoms with Gasteiger partial charge in [-0.1, -0.05) is 47.7 Å². The monoisotopic (exact) mass is 373 g/mol. The van der Waals surface area contributed by atoms with E-state index in [0.717, 1.165) is 16.8 Å². The summed E-state index contributed by atoms with van der Waals surface area (Å²) in [7, 11) is 0. The Morgan fingerprint density at radius 3 is 2.59 bits per heavy atom. The number of pyridine rings is 1. The molecule has 2 aliphatic heterocycles. The first-order chi connectivity index (χ1) is 13.1. The van der Waals surface area contributed by atoms with Gasteiger partial charge in [-0.2, -0.15) is 0 Å². The standard InChI is InChI=1S/C21H15N3O2S/c1-13-8-10-14(11-9-13)24-19(25)15-5-4-12-22-18(15)27-21(24)16-6-2-3-7-17(16)23-20(21)26/h2-12H,1H3,(H,23,26). The highest BCUT2D eigenvalue weighted by molar-refractivity contribution is 8.01. The van der Waals surface area contributed by atoms with Crippen LogP contribution in [0.2, 0.25) is 0 Å². The van der Waals surface area contributed by atoms with Crippen molar-refractivity contribution in [3.05, 3.63) is 83.6 Å². The smallest absolute Gasteiger partial charge is 0.266 e. The second-order valence-corrected chi connectivity index (χ2v) is 7.76. The molecule has 6 heteroatoms. The molecule has 2 amide bonds. The van der Waals surface area contributed by atoms with Gasteiger partial charge in [0.25, 0.3) is 11.8 Å². The number of thioether (sulfide) groups is 1. The van der Waals surface area contributed by atoms with Crippen LogP contribution in [0.3, 0.4) is 0 Å². The number of anilines is 2. The molecule has 1 aromatic heterocycles. The number of carbonyl (C=O) groups is 2. The SMILES string of the molecule is Cc1ccc(N2C(=O)c3cccnc3SC23C(=O)Nc2ccccc23)cc1. The van der Waals surface area contributed by atoms with Gasteiger partial charge in [0.1, 0.15) is 5.03 Å². The summed E-state index contributed by atoms with van der Waals surface area (Å²) in [6.45, 7) is 1.99. The third-order valence-corrected chi connectivity index (χ3v) is 6.31. The van der Waals surface area contributed by atoms with E-state index in [4.69, 9.17) is 0 Å². The van der Waals surface area contributed by atoms with Gasteiger partial charge in [-0.05, 0) is 37.3 Å². The summed E-state index contributed by atoms with van der Waals surface area (Å²) in [6, 6.07) is 18.6. The highest BCUT2D eigenvalue weighted by atomic mass is 32.2. The molecule has 0 bridgehead atoms. The Labute approximate surface area is 160 Å². The van der Waals surface area contributed by atoms with Crippen LogP contribution >= 0.6 is 11.8 Å². The molecule has 0 saturated carbocycles. The Balaban J connectivity index is 1.81. The fourth-order valence-electron chi connectivity index (χ4n) is 3.62. The first-order valence-corrected chi connectivity index (χ1v) is 9.39. The number of aromatic nitrogens is 1. The van der Waals surface area contributed by atoms with Crippen molar-refractivity contribution in [1.82, 2.24) is 4.98 Å². The number of nitrogens with one attached hydrogen (secondary N) is 1. The van der Waals surface area contributed by atoms with Gasteiger partial charge >= 0.3 is 0 Å². The van der Waals surface area contributed by atoms with Crippen molar-refractivity contribution in [1.29, 1.82) is 0 Å². The quantitative estimate of drug-likeness (QED) is 0.702. The summed E-state index contributed by atoms with van der Waals surface area (Å²) in [5.74, 6) is -0.466. The van der Waals surface area contributed by atoms with Crippen molar-refractivity contribution in [2.75, 3.05) is 10.2 Å². The Morgan fingerprint density at radius 2 is 1.78 bits per heavy atom. The second-order valence-electron chi connectivity index (χ2n) is 6.58. The van der Waals surface area contributed by atoms with Gasteiger partial charge in [0, 0.05) is 23.1 Å². The minimum Gasteiger partial charge on any atom is -0.323 e. The molecule has 5 rings (SSSR count). The number of hydrogen-bond acceptors (Lipinski definition) is 4. The number of aryl methyl sites for hydroxylation is 1.